The Hall–Kier alpha value is -5.13. The number of amides is 1. The second kappa shape index (κ2) is 12.1. The van der Waals surface area contributed by atoms with Crippen molar-refractivity contribution in [2.45, 2.75) is 43.1 Å². The number of benzene rings is 2. The van der Waals surface area contributed by atoms with Crippen molar-refractivity contribution >= 4 is 32.7 Å². The quantitative estimate of drug-likeness (QED) is 0.179. The minimum Gasteiger partial charge on any atom is -0.378 e. The van der Waals surface area contributed by atoms with Crippen molar-refractivity contribution in [3.05, 3.63) is 89.5 Å². The first kappa shape index (κ1) is 31.3. The molecule has 3 heterocycles. The molecule has 5 aromatic rings. The molecule has 0 saturated carbocycles. The van der Waals surface area contributed by atoms with Crippen molar-refractivity contribution in [1.29, 1.82) is 0 Å². The van der Waals surface area contributed by atoms with Gasteiger partial charge in [-0.3, -0.25) is 19.3 Å². The van der Waals surface area contributed by atoms with Crippen molar-refractivity contribution in [2.24, 2.45) is 12.8 Å². The molecule has 1 amide bonds. The maximum absolute atomic E-state index is 14.1. The van der Waals surface area contributed by atoms with E-state index in [1.54, 1.807) is 37.4 Å². The summed E-state index contributed by atoms with van der Waals surface area (Å²) in [6.45, 7) is 3.04. The molecular weight excluding hydrogens is 604 g/mol. The number of nitrogens with zero attached hydrogens (tertiary/aromatic N) is 4. The zero-order valence-electron chi connectivity index (χ0n) is 24.5. The molecule has 232 valence electrons. The lowest BCUT2D eigenvalue weighted by Crippen LogP contribution is -2.19. The maximum Gasteiger partial charge on any atom is 0.266 e. The van der Waals surface area contributed by atoms with Crippen LogP contribution in [-0.2, 0) is 28.3 Å². The number of para-hydroxylation sites is 1. The first-order valence-electron chi connectivity index (χ1n) is 13.7. The highest BCUT2D eigenvalue weighted by Gasteiger charge is 2.26. The van der Waals surface area contributed by atoms with Gasteiger partial charge in [-0.05, 0) is 62.1 Å². The third kappa shape index (κ3) is 7.17. The van der Waals surface area contributed by atoms with Gasteiger partial charge in [0.05, 0.1) is 17.4 Å². The Balaban J connectivity index is 1.70. The van der Waals surface area contributed by atoms with Crippen LogP contribution in [0.5, 0.6) is 0 Å². The minimum absolute atomic E-state index is 0.0110. The Labute approximate surface area is 257 Å². The van der Waals surface area contributed by atoms with Crippen LogP contribution in [0, 0.1) is 23.5 Å². The molecule has 2 aromatic carbocycles. The number of hydrogen-bond donors (Lipinski definition) is 4. The molecule has 14 heteroatoms. The van der Waals surface area contributed by atoms with Crippen molar-refractivity contribution < 1.29 is 27.1 Å². The SMILES string of the molecule is Cn1nc(NS(=O)(=O)c2cn[nH]c2)c2cccc(-c3ccc(C#CC(C)(C)O)nc3[C@H](CC(N)=O)Cc3cc(F)cc(F)c3)c21. The van der Waals surface area contributed by atoms with Crippen molar-refractivity contribution in [3.8, 4) is 23.0 Å². The predicted molar refractivity (Wildman–Crippen MR) is 163 cm³/mol. The molecular formula is C31H29F2N7O4S. The molecule has 0 saturated heterocycles. The summed E-state index contributed by atoms with van der Waals surface area (Å²) in [7, 11) is -2.36. The second-order valence-electron chi connectivity index (χ2n) is 11.0. The number of H-pyrrole nitrogens is 1. The van der Waals surface area contributed by atoms with Crippen molar-refractivity contribution in [2.75, 3.05) is 4.72 Å². The maximum atomic E-state index is 14.1. The van der Waals surface area contributed by atoms with Gasteiger partial charge in [-0.15, -0.1) is 0 Å². The summed E-state index contributed by atoms with van der Waals surface area (Å²) in [6.07, 6.45) is 2.21. The fourth-order valence-corrected chi connectivity index (χ4v) is 5.95. The molecule has 11 nitrogen and oxygen atoms in total. The van der Waals surface area contributed by atoms with E-state index >= 15 is 0 Å². The van der Waals surface area contributed by atoms with Crippen LogP contribution >= 0.6 is 0 Å². The standard InChI is InChI=1S/C31H29F2N7O4S/c1-31(2,42)10-9-22-7-8-24(28(37-22)19(14-27(34)41)11-18-12-20(32)15-21(33)13-18)25-5-4-6-26-29(25)40(3)38-30(26)39-45(43,44)23-16-35-36-17-23/h4-8,12-13,15-17,19,42H,11,14H2,1-3H3,(H2,34,41)(H,35,36)(H,38,39)/t19-/m0/s1. The number of carbonyl (C=O) groups is 1. The average molecular weight is 634 g/mol. The number of fused-ring (bicyclic) bond motifs is 1. The zero-order chi connectivity index (χ0) is 32.5. The second-order valence-corrected chi connectivity index (χ2v) is 12.7. The van der Waals surface area contributed by atoms with Crippen molar-refractivity contribution in [3.63, 3.8) is 0 Å². The van der Waals surface area contributed by atoms with Crippen LogP contribution in [0.15, 0.2) is 65.8 Å². The molecule has 3 aromatic heterocycles. The lowest BCUT2D eigenvalue weighted by atomic mass is 9.87. The highest BCUT2D eigenvalue weighted by molar-refractivity contribution is 7.92. The molecule has 0 fully saturated rings. The first-order chi connectivity index (χ1) is 21.2. The Morgan fingerprint density at radius 2 is 1.89 bits per heavy atom. The Morgan fingerprint density at radius 1 is 1.16 bits per heavy atom. The number of anilines is 1. The van der Waals surface area contributed by atoms with Crippen LogP contribution in [0.25, 0.3) is 22.0 Å². The van der Waals surface area contributed by atoms with Gasteiger partial charge < -0.3 is 10.8 Å². The number of nitrogens with one attached hydrogen (secondary N) is 2. The van der Waals surface area contributed by atoms with Gasteiger partial charge in [0, 0.05) is 48.2 Å². The number of sulfonamides is 1. The van der Waals surface area contributed by atoms with Crippen LogP contribution in [0.2, 0.25) is 0 Å². The molecule has 1 atom stereocenters. The number of rotatable bonds is 9. The van der Waals surface area contributed by atoms with Gasteiger partial charge >= 0.3 is 0 Å². The number of carbonyl (C=O) groups excluding carboxylic acids is 1. The van der Waals surface area contributed by atoms with E-state index in [0.717, 1.165) is 6.07 Å². The number of aromatic amines is 1. The summed E-state index contributed by atoms with van der Waals surface area (Å²) in [5.41, 5.74) is 6.90. The normalized spacial score (nSPS) is 12.5. The van der Waals surface area contributed by atoms with Crippen LogP contribution in [0.3, 0.4) is 0 Å². The highest BCUT2D eigenvalue weighted by Crippen LogP contribution is 2.38. The predicted octanol–water partition coefficient (Wildman–Crippen LogP) is 3.76. The lowest BCUT2D eigenvalue weighted by molar-refractivity contribution is -0.118. The molecule has 5 N–H and O–H groups in total. The number of aliphatic hydroxyl groups is 1. The third-order valence-electron chi connectivity index (χ3n) is 6.83. The van der Waals surface area contributed by atoms with E-state index in [1.807, 2.05) is 0 Å². The summed E-state index contributed by atoms with van der Waals surface area (Å²) in [5.74, 6) is 2.67. The van der Waals surface area contributed by atoms with Gasteiger partial charge in [0.25, 0.3) is 10.0 Å². The number of aryl methyl sites for hydroxylation is 1. The summed E-state index contributed by atoms with van der Waals surface area (Å²) >= 11 is 0. The van der Waals surface area contributed by atoms with Gasteiger partial charge in [0.2, 0.25) is 5.91 Å². The van der Waals surface area contributed by atoms with Crippen LogP contribution in [-0.4, -0.2) is 50.0 Å². The average Bonchev–Trinajstić information content (AvgIpc) is 3.60. The number of pyridine rings is 1. The number of aromatic nitrogens is 5. The first-order valence-corrected chi connectivity index (χ1v) is 15.2. The van der Waals surface area contributed by atoms with Gasteiger partial charge in [-0.25, -0.2) is 22.2 Å². The zero-order valence-corrected chi connectivity index (χ0v) is 25.3. The Bertz CT molecular complexity index is 2060. The molecule has 0 aliphatic heterocycles. The molecule has 5 rings (SSSR count). The summed E-state index contributed by atoms with van der Waals surface area (Å²) in [4.78, 5) is 17.0. The summed E-state index contributed by atoms with van der Waals surface area (Å²) in [6, 6.07) is 11.7. The number of primary amides is 1. The molecule has 0 aliphatic carbocycles. The van der Waals surface area contributed by atoms with E-state index in [0.29, 0.717) is 27.7 Å². The third-order valence-corrected chi connectivity index (χ3v) is 8.14. The minimum atomic E-state index is -4.01. The van der Waals surface area contributed by atoms with Gasteiger partial charge in [-0.2, -0.15) is 10.2 Å². The monoisotopic (exact) mass is 633 g/mol. The van der Waals surface area contributed by atoms with Crippen LogP contribution < -0.4 is 10.5 Å². The van der Waals surface area contributed by atoms with Crippen LogP contribution in [0.1, 0.15) is 43.1 Å². The fraction of sp³-hybridized carbons (Fsp3) is 0.226. The van der Waals surface area contributed by atoms with Crippen molar-refractivity contribution in [1.82, 2.24) is 25.0 Å². The fourth-order valence-electron chi connectivity index (χ4n) is 5.02. The van der Waals surface area contributed by atoms with Crippen LogP contribution in [0.4, 0.5) is 14.6 Å². The Morgan fingerprint density at radius 3 is 2.53 bits per heavy atom. The Kier molecular flexibility index (Phi) is 8.42. The topological polar surface area (TPSA) is 169 Å². The van der Waals surface area contributed by atoms with Gasteiger partial charge in [0.1, 0.15) is 27.8 Å². The van der Waals surface area contributed by atoms with Gasteiger partial charge in [-0.1, -0.05) is 18.1 Å². The molecule has 0 unspecified atom stereocenters. The largest absolute Gasteiger partial charge is 0.378 e. The molecule has 45 heavy (non-hydrogen) atoms. The molecule has 0 aliphatic rings. The highest BCUT2D eigenvalue weighted by atomic mass is 32.2. The van der Waals surface area contributed by atoms with E-state index in [-0.39, 0.29) is 34.8 Å². The molecule has 0 spiro atoms. The smallest absolute Gasteiger partial charge is 0.266 e. The molecule has 0 bridgehead atoms. The number of hydrogen-bond acceptors (Lipinski definition) is 7. The van der Waals surface area contributed by atoms with Gasteiger partial charge in [0.15, 0.2) is 5.82 Å². The molecule has 0 radical (unpaired) electrons. The van der Waals surface area contributed by atoms with E-state index in [2.05, 4.69) is 31.9 Å². The van der Waals surface area contributed by atoms with E-state index in [4.69, 9.17) is 10.7 Å². The summed E-state index contributed by atoms with van der Waals surface area (Å²) in [5, 5.41) is 21.2. The lowest BCUT2D eigenvalue weighted by Gasteiger charge is -2.20. The van der Waals surface area contributed by atoms with E-state index in [9.17, 15) is 27.1 Å². The summed E-state index contributed by atoms with van der Waals surface area (Å²) < 4.78 is 58.2. The number of nitrogens with two attached hydrogens (primary N) is 1. The van der Waals surface area contributed by atoms with E-state index < -0.39 is 39.1 Å². The number of halogens is 2. The van der Waals surface area contributed by atoms with E-state index in [1.165, 1.54) is 43.1 Å².